The summed E-state index contributed by atoms with van der Waals surface area (Å²) in [6.07, 6.45) is 5.84. The van der Waals surface area contributed by atoms with Gasteiger partial charge in [-0.1, -0.05) is 13.3 Å². The number of anilines is 1. The number of nitrogens with one attached hydrogen (secondary N) is 1. The Morgan fingerprint density at radius 2 is 2.05 bits per heavy atom. The molecule has 3 nitrogen and oxygen atoms in total. The van der Waals surface area contributed by atoms with Gasteiger partial charge in [-0.15, -0.1) is 0 Å². The Morgan fingerprint density at radius 3 is 2.63 bits per heavy atom. The van der Waals surface area contributed by atoms with Gasteiger partial charge in [0.2, 0.25) is 0 Å². The molecule has 1 aromatic carbocycles. The molecule has 0 unspecified atom stereocenters. The predicted molar refractivity (Wildman–Crippen MR) is 73.0 cm³/mol. The summed E-state index contributed by atoms with van der Waals surface area (Å²) in [5.74, 6) is -1.09. The normalized spacial score (nSPS) is 23.1. The lowest BCUT2D eigenvalue weighted by atomic mass is 9.84. The summed E-state index contributed by atoms with van der Waals surface area (Å²) >= 11 is 0. The van der Waals surface area contributed by atoms with Crippen molar-refractivity contribution in [3.8, 4) is 0 Å². The number of carboxylic acid groups (broad SMARTS) is 1. The highest BCUT2D eigenvalue weighted by Gasteiger charge is 2.20. The number of halogens is 1. The number of carbonyl (C=O) groups is 1. The topological polar surface area (TPSA) is 49.3 Å². The Balaban J connectivity index is 2.00. The van der Waals surface area contributed by atoms with Crippen molar-refractivity contribution in [2.45, 2.75) is 45.1 Å². The monoisotopic (exact) mass is 265 g/mol. The maximum absolute atomic E-state index is 13.3. The molecule has 0 spiro atoms. The first kappa shape index (κ1) is 13.8. The third-order valence-corrected chi connectivity index (χ3v) is 3.99. The van der Waals surface area contributed by atoms with Crippen molar-refractivity contribution < 1.29 is 14.3 Å². The van der Waals surface area contributed by atoms with E-state index in [0.717, 1.165) is 18.8 Å². The Kier molecular flexibility index (Phi) is 4.40. The third-order valence-electron chi connectivity index (χ3n) is 3.99. The Labute approximate surface area is 112 Å². The van der Waals surface area contributed by atoms with Gasteiger partial charge in [0, 0.05) is 11.7 Å². The van der Waals surface area contributed by atoms with Gasteiger partial charge in [0.1, 0.15) is 5.82 Å². The van der Waals surface area contributed by atoms with Crippen LogP contribution in [0.4, 0.5) is 10.1 Å². The maximum atomic E-state index is 13.3. The first-order valence-electron chi connectivity index (χ1n) is 6.89. The molecule has 1 aromatic rings. The summed E-state index contributed by atoms with van der Waals surface area (Å²) in [7, 11) is 0. The highest BCUT2D eigenvalue weighted by Crippen LogP contribution is 2.28. The number of hydrogen-bond donors (Lipinski definition) is 2. The molecule has 0 atom stereocenters. The first-order chi connectivity index (χ1) is 9.10. The van der Waals surface area contributed by atoms with Crippen LogP contribution in [0.15, 0.2) is 18.2 Å². The van der Waals surface area contributed by atoms with Crippen LogP contribution in [0.5, 0.6) is 0 Å². The van der Waals surface area contributed by atoms with E-state index in [2.05, 4.69) is 12.2 Å². The SMILES string of the molecule is CCC1CCC(Nc2ccc(F)c(C(=O)O)c2)CC1. The number of carboxylic acids is 1. The minimum atomic E-state index is -1.23. The van der Waals surface area contributed by atoms with Crippen molar-refractivity contribution in [3.05, 3.63) is 29.6 Å². The fourth-order valence-electron chi connectivity index (χ4n) is 2.73. The van der Waals surface area contributed by atoms with Gasteiger partial charge in [-0.05, 0) is 49.8 Å². The van der Waals surface area contributed by atoms with Crippen LogP contribution in [-0.4, -0.2) is 17.1 Å². The summed E-state index contributed by atoms with van der Waals surface area (Å²) < 4.78 is 13.3. The molecule has 2 N–H and O–H groups in total. The van der Waals surface area contributed by atoms with Gasteiger partial charge in [0.25, 0.3) is 0 Å². The molecule has 0 bridgehead atoms. The van der Waals surface area contributed by atoms with Gasteiger partial charge in [0.15, 0.2) is 0 Å². The van der Waals surface area contributed by atoms with Gasteiger partial charge in [-0.2, -0.15) is 0 Å². The van der Waals surface area contributed by atoms with Crippen molar-refractivity contribution >= 4 is 11.7 Å². The standard InChI is InChI=1S/C15H20FNO2/c1-2-10-3-5-11(6-4-10)17-12-7-8-14(16)13(9-12)15(18)19/h7-11,17H,2-6H2,1H3,(H,18,19). The average molecular weight is 265 g/mol. The maximum Gasteiger partial charge on any atom is 0.338 e. The number of rotatable bonds is 4. The Morgan fingerprint density at radius 1 is 1.37 bits per heavy atom. The van der Waals surface area contributed by atoms with E-state index in [0.29, 0.717) is 11.7 Å². The lowest BCUT2D eigenvalue weighted by Crippen LogP contribution is -2.26. The van der Waals surface area contributed by atoms with E-state index >= 15 is 0 Å². The zero-order valence-electron chi connectivity index (χ0n) is 11.2. The minimum Gasteiger partial charge on any atom is -0.478 e. The van der Waals surface area contributed by atoms with Crippen LogP contribution in [0.2, 0.25) is 0 Å². The van der Waals surface area contributed by atoms with Crippen molar-refractivity contribution in [1.29, 1.82) is 0 Å². The molecular formula is C15H20FNO2. The van der Waals surface area contributed by atoms with E-state index in [1.54, 1.807) is 6.07 Å². The molecule has 1 aliphatic carbocycles. The van der Waals surface area contributed by atoms with Crippen molar-refractivity contribution in [2.24, 2.45) is 5.92 Å². The van der Waals surface area contributed by atoms with Gasteiger partial charge in [-0.3, -0.25) is 0 Å². The zero-order valence-corrected chi connectivity index (χ0v) is 11.2. The van der Waals surface area contributed by atoms with Crippen LogP contribution in [-0.2, 0) is 0 Å². The molecule has 0 aliphatic heterocycles. The lowest BCUT2D eigenvalue weighted by Gasteiger charge is -2.29. The Hall–Kier alpha value is -1.58. The molecule has 0 saturated heterocycles. The molecule has 1 aliphatic rings. The van der Waals surface area contributed by atoms with Gasteiger partial charge >= 0.3 is 5.97 Å². The number of aromatic carboxylic acids is 1. The van der Waals surface area contributed by atoms with Crippen molar-refractivity contribution in [3.63, 3.8) is 0 Å². The molecule has 1 fully saturated rings. The molecule has 19 heavy (non-hydrogen) atoms. The fraction of sp³-hybridized carbons (Fsp3) is 0.533. The Bertz CT molecular complexity index is 453. The van der Waals surface area contributed by atoms with Crippen LogP contribution < -0.4 is 5.32 Å². The molecule has 1 saturated carbocycles. The average Bonchev–Trinajstić information content (AvgIpc) is 2.41. The lowest BCUT2D eigenvalue weighted by molar-refractivity contribution is 0.0692. The van der Waals surface area contributed by atoms with Gasteiger partial charge in [0.05, 0.1) is 5.56 Å². The molecule has 4 heteroatoms. The summed E-state index contributed by atoms with van der Waals surface area (Å²) in [6, 6.07) is 4.57. The van der Waals surface area contributed by atoms with Crippen LogP contribution >= 0.6 is 0 Å². The highest BCUT2D eigenvalue weighted by molar-refractivity contribution is 5.89. The number of hydrogen-bond acceptors (Lipinski definition) is 2. The molecule has 0 aromatic heterocycles. The predicted octanol–water partition coefficient (Wildman–Crippen LogP) is 3.90. The molecule has 0 amide bonds. The summed E-state index contributed by atoms with van der Waals surface area (Å²) in [5, 5.41) is 12.2. The molecule has 104 valence electrons. The highest BCUT2D eigenvalue weighted by atomic mass is 19.1. The number of benzene rings is 1. The van der Waals surface area contributed by atoms with E-state index < -0.39 is 11.8 Å². The van der Waals surface area contributed by atoms with Crippen LogP contribution in [0.1, 0.15) is 49.4 Å². The molecular weight excluding hydrogens is 245 g/mol. The smallest absolute Gasteiger partial charge is 0.338 e. The largest absolute Gasteiger partial charge is 0.478 e. The summed E-state index contributed by atoms with van der Waals surface area (Å²) in [6.45, 7) is 2.22. The third kappa shape index (κ3) is 3.46. The van der Waals surface area contributed by atoms with E-state index in [1.165, 1.54) is 31.4 Å². The van der Waals surface area contributed by atoms with Gasteiger partial charge in [-0.25, -0.2) is 9.18 Å². The van der Waals surface area contributed by atoms with E-state index in [4.69, 9.17) is 5.11 Å². The molecule has 0 heterocycles. The minimum absolute atomic E-state index is 0.271. The second-order valence-electron chi connectivity index (χ2n) is 5.27. The van der Waals surface area contributed by atoms with E-state index in [1.807, 2.05) is 0 Å². The van der Waals surface area contributed by atoms with E-state index in [9.17, 15) is 9.18 Å². The summed E-state index contributed by atoms with van der Waals surface area (Å²) in [5.41, 5.74) is 0.422. The molecule has 0 radical (unpaired) electrons. The van der Waals surface area contributed by atoms with E-state index in [-0.39, 0.29) is 5.56 Å². The van der Waals surface area contributed by atoms with Crippen LogP contribution in [0.3, 0.4) is 0 Å². The second kappa shape index (κ2) is 6.04. The first-order valence-corrected chi connectivity index (χ1v) is 6.89. The molecule has 2 rings (SSSR count). The van der Waals surface area contributed by atoms with Gasteiger partial charge < -0.3 is 10.4 Å². The second-order valence-corrected chi connectivity index (χ2v) is 5.27. The van der Waals surface area contributed by atoms with Crippen LogP contribution in [0, 0.1) is 11.7 Å². The van der Waals surface area contributed by atoms with Crippen LogP contribution in [0.25, 0.3) is 0 Å². The quantitative estimate of drug-likeness (QED) is 0.868. The summed E-state index contributed by atoms with van der Waals surface area (Å²) in [4.78, 5) is 10.9. The van der Waals surface area contributed by atoms with Crippen molar-refractivity contribution in [1.82, 2.24) is 0 Å². The fourth-order valence-corrected chi connectivity index (χ4v) is 2.73. The van der Waals surface area contributed by atoms with Crippen molar-refractivity contribution in [2.75, 3.05) is 5.32 Å². The zero-order chi connectivity index (χ0) is 13.8.